The maximum atomic E-state index is 2.49. The predicted molar refractivity (Wildman–Crippen MR) is 186 cm³/mol. The monoisotopic (exact) mass is 546 g/mol. The maximum absolute atomic E-state index is 2.49. The van der Waals surface area contributed by atoms with Crippen LogP contribution >= 0.6 is 0 Å². The van der Waals surface area contributed by atoms with Crippen LogP contribution in [0.5, 0.6) is 0 Å². The van der Waals surface area contributed by atoms with Crippen LogP contribution in [0.3, 0.4) is 0 Å². The van der Waals surface area contributed by atoms with E-state index < -0.39 is 0 Å². The van der Waals surface area contributed by atoms with Gasteiger partial charge in [-0.1, -0.05) is 150 Å². The minimum absolute atomic E-state index is 1.05. The lowest BCUT2D eigenvalue weighted by atomic mass is 10.1. The first-order valence-electron chi connectivity index (χ1n) is 16.9. The minimum Gasteiger partial charge on any atom is -0.0882 e. The molecule has 0 bridgehead atoms. The van der Waals surface area contributed by atoms with Gasteiger partial charge in [0.1, 0.15) is 0 Å². The van der Waals surface area contributed by atoms with Crippen LogP contribution in [0, 0.1) is 6.42 Å². The molecule has 0 aromatic rings. The summed E-state index contributed by atoms with van der Waals surface area (Å²) in [6, 6.07) is 0. The summed E-state index contributed by atoms with van der Waals surface area (Å²) in [4.78, 5) is 0. The van der Waals surface area contributed by atoms with Crippen molar-refractivity contribution >= 4 is 0 Å². The third-order valence-corrected chi connectivity index (χ3v) is 6.72. The lowest BCUT2D eigenvalue weighted by Gasteiger charge is -1.99. The lowest BCUT2D eigenvalue weighted by Crippen LogP contribution is -1.80. The van der Waals surface area contributed by atoms with Crippen molar-refractivity contribution in [1.29, 1.82) is 0 Å². The van der Waals surface area contributed by atoms with Crippen molar-refractivity contribution in [1.82, 2.24) is 0 Å². The van der Waals surface area contributed by atoms with E-state index >= 15 is 0 Å². The van der Waals surface area contributed by atoms with E-state index in [9.17, 15) is 0 Å². The van der Waals surface area contributed by atoms with Crippen LogP contribution in [-0.2, 0) is 0 Å². The number of hydrogen-bond acceptors (Lipinski definition) is 0. The molecule has 0 nitrogen and oxygen atoms in total. The van der Waals surface area contributed by atoms with E-state index in [-0.39, 0.29) is 0 Å². The van der Waals surface area contributed by atoms with Crippen LogP contribution in [0.25, 0.3) is 0 Å². The summed E-state index contributed by atoms with van der Waals surface area (Å²) in [5.74, 6) is 0. The van der Waals surface area contributed by atoms with E-state index in [1.54, 1.807) is 0 Å². The lowest BCUT2D eigenvalue weighted by molar-refractivity contribution is 0.697. The molecular weight excluding hydrogens is 480 g/mol. The maximum Gasteiger partial charge on any atom is -0.0169 e. The van der Waals surface area contributed by atoms with E-state index in [2.05, 4.69) is 117 Å². The van der Waals surface area contributed by atoms with Crippen molar-refractivity contribution < 1.29 is 0 Å². The Kier molecular flexibility index (Phi) is 35.0. The summed E-state index contributed by atoms with van der Waals surface area (Å²) < 4.78 is 0. The van der Waals surface area contributed by atoms with Gasteiger partial charge in [0.2, 0.25) is 0 Å². The second kappa shape index (κ2) is 36.9. The molecule has 0 saturated carbocycles. The Balaban J connectivity index is 3.39. The molecule has 40 heavy (non-hydrogen) atoms. The van der Waals surface area contributed by atoms with Crippen LogP contribution in [0.15, 0.2) is 97.2 Å². The number of rotatable bonds is 29. The second-order valence-electron chi connectivity index (χ2n) is 10.7. The van der Waals surface area contributed by atoms with E-state index in [4.69, 9.17) is 0 Å². The molecule has 0 aromatic heterocycles. The molecule has 0 aromatic carbocycles. The highest BCUT2D eigenvalue weighted by Crippen LogP contribution is 2.09. The van der Waals surface area contributed by atoms with E-state index in [0.29, 0.717) is 0 Å². The normalized spacial score (nSPS) is 13.2. The molecule has 0 fully saturated rings. The molecule has 0 heteroatoms. The second-order valence-corrected chi connectivity index (χ2v) is 10.7. The molecule has 0 heterocycles. The zero-order chi connectivity index (χ0) is 28.9. The molecule has 0 N–H and O–H groups in total. The summed E-state index contributed by atoms with van der Waals surface area (Å²) >= 11 is 0. The summed E-state index contributed by atoms with van der Waals surface area (Å²) in [6.45, 7) is 4.52. The average molecular weight is 546 g/mol. The Morgan fingerprint density at radius 3 is 0.850 bits per heavy atom. The first kappa shape index (κ1) is 37.9. The van der Waals surface area contributed by atoms with Crippen molar-refractivity contribution in [3.8, 4) is 0 Å². The van der Waals surface area contributed by atoms with Gasteiger partial charge in [0, 0.05) is 0 Å². The minimum atomic E-state index is 1.05. The van der Waals surface area contributed by atoms with Gasteiger partial charge in [-0.05, 0) is 103 Å². The highest BCUT2D eigenvalue weighted by atomic mass is 14.0. The van der Waals surface area contributed by atoms with Gasteiger partial charge in [-0.2, -0.15) is 0 Å². The Bertz CT molecular complexity index is 644. The van der Waals surface area contributed by atoms with Gasteiger partial charge in [-0.15, -0.1) is 0 Å². The molecule has 225 valence electrons. The van der Waals surface area contributed by atoms with Gasteiger partial charge in [-0.3, -0.25) is 0 Å². The molecule has 0 rings (SSSR count). The third kappa shape index (κ3) is 35.9. The van der Waals surface area contributed by atoms with Gasteiger partial charge in [0.05, 0.1) is 0 Å². The molecular formula is C40H65. The highest BCUT2D eigenvalue weighted by molar-refractivity contribution is 5.00. The van der Waals surface area contributed by atoms with Crippen LogP contribution in [0.4, 0.5) is 0 Å². The summed E-state index contributed by atoms with van der Waals surface area (Å²) in [5.41, 5.74) is 0. The molecule has 0 aliphatic rings. The average Bonchev–Trinajstić information content (AvgIpc) is 2.97. The molecule has 0 saturated heterocycles. The largest absolute Gasteiger partial charge is 0.0882 e. The van der Waals surface area contributed by atoms with E-state index in [1.807, 2.05) is 0 Å². The molecule has 0 aliphatic heterocycles. The zero-order valence-corrected chi connectivity index (χ0v) is 26.7. The van der Waals surface area contributed by atoms with E-state index in [1.165, 1.54) is 96.3 Å². The third-order valence-electron chi connectivity index (χ3n) is 6.72. The fourth-order valence-corrected chi connectivity index (χ4v) is 4.20. The first-order chi connectivity index (χ1) is 19.9. The van der Waals surface area contributed by atoms with Crippen molar-refractivity contribution in [2.45, 2.75) is 149 Å². The smallest absolute Gasteiger partial charge is 0.0169 e. The van der Waals surface area contributed by atoms with Crippen LogP contribution in [-0.4, -0.2) is 0 Å². The van der Waals surface area contributed by atoms with Crippen LogP contribution in [0.2, 0.25) is 0 Å². The molecule has 0 unspecified atom stereocenters. The molecule has 0 aliphatic carbocycles. The summed E-state index contributed by atoms with van der Waals surface area (Å²) in [7, 11) is 0. The van der Waals surface area contributed by atoms with Gasteiger partial charge in [-0.25, -0.2) is 0 Å². The van der Waals surface area contributed by atoms with Crippen molar-refractivity contribution in [3.63, 3.8) is 0 Å². The highest BCUT2D eigenvalue weighted by Gasteiger charge is 1.90. The standard InChI is InChI=1S/C40H65/c1-3-5-7-9-11-13-15-17-19-21-23-25-27-29-31-33-35-37-39-40-38-36-34-32-30-28-26-24-22-20-18-16-14-12-10-8-6-4-2/h11-14,17-20,23-26,29-32,39H,3-10,15-16,21-22,27-28,33-38,40H2,1-2H3/b13-11-,14-12?,19-17-,20-18?,25-23-,26-24?,31-29-,32-30?. The Hall–Kier alpha value is -2.08. The van der Waals surface area contributed by atoms with Crippen molar-refractivity contribution in [2.75, 3.05) is 0 Å². The van der Waals surface area contributed by atoms with Crippen LogP contribution < -0.4 is 0 Å². The zero-order valence-electron chi connectivity index (χ0n) is 26.7. The Labute approximate surface area is 251 Å². The number of unbranched alkanes of at least 4 members (excludes halogenated alkanes) is 13. The molecule has 0 spiro atoms. The van der Waals surface area contributed by atoms with Gasteiger partial charge in [0.15, 0.2) is 0 Å². The quantitative estimate of drug-likeness (QED) is 0.0647. The van der Waals surface area contributed by atoms with Gasteiger partial charge in [0.25, 0.3) is 0 Å². The van der Waals surface area contributed by atoms with Gasteiger partial charge >= 0.3 is 0 Å². The topological polar surface area (TPSA) is 0 Å². The molecule has 1 radical (unpaired) electrons. The van der Waals surface area contributed by atoms with Crippen molar-refractivity contribution in [3.05, 3.63) is 104 Å². The Morgan fingerprint density at radius 2 is 0.500 bits per heavy atom. The SMILES string of the molecule is CCCCCC=CCC=CCC=CCC=CCCCC[CH]CCC/C=C\C/C=C\C/C=C\C/C=C\CCCCC. The predicted octanol–water partition coefficient (Wildman–Crippen LogP) is 13.9. The fourth-order valence-electron chi connectivity index (χ4n) is 4.20. The summed E-state index contributed by atoms with van der Waals surface area (Å²) in [6.07, 6.45) is 65.0. The number of hydrogen-bond donors (Lipinski definition) is 0. The fraction of sp³-hybridized carbons (Fsp3) is 0.575. The molecule has 0 amide bonds. The summed E-state index contributed by atoms with van der Waals surface area (Å²) in [5, 5.41) is 0. The van der Waals surface area contributed by atoms with Gasteiger partial charge < -0.3 is 0 Å². The number of allylic oxidation sites excluding steroid dienone is 16. The van der Waals surface area contributed by atoms with E-state index in [0.717, 1.165) is 38.5 Å². The molecule has 0 atom stereocenters. The van der Waals surface area contributed by atoms with Crippen LogP contribution in [0.1, 0.15) is 149 Å². The first-order valence-corrected chi connectivity index (χ1v) is 16.9. The van der Waals surface area contributed by atoms with Crippen molar-refractivity contribution in [2.24, 2.45) is 0 Å². The Morgan fingerprint density at radius 1 is 0.250 bits per heavy atom.